The normalized spacial score (nSPS) is 9.00. The molecule has 0 atom stereocenters. The van der Waals surface area contributed by atoms with Crippen molar-refractivity contribution >= 4 is 0 Å². The summed E-state index contributed by atoms with van der Waals surface area (Å²) in [6, 6.07) is 0. The van der Waals surface area contributed by atoms with Gasteiger partial charge in [0.05, 0.1) is 0 Å². The molecule has 0 N–H and O–H groups in total. The van der Waals surface area contributed by atoms with E-state index in [0.717, 1.165) is 5.57 Å². The van der Waals surface area contributed by atoms with E-state index in [0.29, 0.717) is 0 Å². The lowest BCUT2D eigenvalue weighted by molar-refractivity contribution is 1.16. The van der Waals surface area contributed by atoms with E-state index in [2.05, 4.69) is 13.2 Å². The van der Waals surface area contributed by atoms with Crippen molar-refractivity contribution in [2.75, 3.05) is 0 Å². The van der Waals surface area contributed by atoms with Gasteiger partial charge in [-0.2, -0.15) is 0 Å². The molecule has 7 heavy (non-hydrogen) atoms. The molecule has 39 valence electrons. The summed E-state index contributed by atoms with van der Waals surface area (Å²) in [7, 11) is 0. The monoisotopic (exact) mass is 95.1 g/mol. The van der Waals surface area contributed by atoms with Crippen LogP contribution in [0.2, 0.25) is 0 Å². The van der Waals surface area contributed by atoms with E-state index < -0.39 is 0 Å². The lowest BCUT2D eigenvalue weighted by Gasteiger charge is -1.98. The van der Waals surface area contributed by atoms with Gasteiger partial charge in [-0.15, -0.1) is 0 Å². The Labute approximate surface area is 45.5 Å². The van der Waals surface area contributed by atoms with Crippen molar-refractivity contribution in [2.24, 2.45) is 0 Å². The molecule has 0 fully saturated rings. The molecule has 0 nitrogen and oxygen atoms in total. The van der Waals surface area contributed by atoms with Gasteiger partial charge in [0.1, 0.15) is 0 Å². The predicted octanol–water partition coefficient (Wildman–Crippen LogP) is 2.34. The Hall–Kier alpha value is -0.520. The fraction of sp³-hybridized carbons (Fsp3) is 0.286. The summed E-state index contributed by atoms with van der Waals surface area (Å²) < 4.78 is 0. The Bertz CT molecular complexity index is 78.0. The van der Waals surface area contributed by atoms with Gasteiger partial charge >= 0.3 is 0 Å². The van der Waals surface area contributed by atoms with Gasteiger partial charge in [0.25, 0.3) is 0 Å². The summed E-state index contributed by atoms with van der Waals surface area (Å²) in [4.78, 5) is 0. The summed E-state index contributed by atoms with van der Waals surface area (Å²) in [5.41, 5.74) is 1.03. The molecule has 0 heteroatoms. The zero-order chi connectivity index (χ0) is 5.86. The van der Waals surface area contributed by atoms with Crippen LogP contribution in [-0.2, 0) is 0 Å². The molecule has 0 aromatic heterocycles. The highest BCUT2D eigenvalue weighted by Crippen LogP contribution is 2.07. The second kappa shape index (κ2) is 2.62. The zero-order valence-electron chi connectivity index (χ0n) is 4.99. The van der Waals surface area contributed by atoms with Gasteiger partial charge in [0, 0.05) is 0 Å². The lowest BCUT2D eigenvalue weighted by atomic mass is 10.1. The topological polar surface area (TPSA) is 0 Å². The highest BCUT2D eigenvalue weighted by molar-refractivity contribution is 5.26. The third kappa shape index (κ3) is 2.21. The smallest absolute Gasteiger partial charge is 0.00183 e. The van der Waals surface area contributed by atoms with Crippen molar-refractivity contribution in [2.45, 2.75) is 13.8 Å². The number of hydrogen-bond donors (Lipinski definition) is 0. The Balaban J connectivity index is 3.56. The van der Waals surface area contributed by atoms with E-state index in [-0.39, 0.29) is 0 Å². The van der Waals surface area contributed by atoms with Crippen LogP contribution in [0.5, 0.6) is 0 Å². The first-order valence-corrected chi connectivity index (χ1v) is 2.30. The molecule has 0 heterocycles. The van der Waals surface area contributed by atoms with Gasteiger partial charge < -0.3 is 0 Å². The Morgan fingerprint density at radius 2 is 1.86 bits per heavy atom. The Morgan fingerprint density at radius 3 is 1.86 bits per heavy atom. The fourth-order valence-electron chi connectivity index (χ4n) is 0.204. The minimum atomic E-state index is 1.03. The minimum absolute atomic E-state index is 1.03. The van der Waals surface area contributed by atoms with Crippen molar-refractivity contribution in [1.29, 1.82) is 0 Å². The van der Waals surface area contributed by atoms with Crippen LogP contribution in [-0.4, -0.2) is 0 Å². The van der Waals surface area contributed by atoms with Gasteiger partial charge in [0.15, 0.2) is 0 Å². The number of allylic oxidation sites excluding steroid dienone is 2. The van der Waals surface area contributed by atoms with Crippen LogP contribution >= 0.6 is 0 Å². The molecule has 0 spiro atoms. The molecule has 0 unspecified atom stereocenters. The molecule has 0 saturated carbocycles. The SMILES string of the molecule is C=CC(=C)[C](C)C. The second-order valence-electron chi connectivity index (χ2n) is 1.73. The van der Waals surface area contributed by atoms with Gasteiger partial charge in [-0.1, -0.05) is 33.1 Å². The maximum Gasteiger partial charge on any atom is -0.00183 e. The molecule has 0 aromatic carbocycles. The number of rotatable bonds is 2. The maximum absolute atomic E-state index is 3.72. The average Bonchev–Trinajstić information content (AvgIpc) is 1.65. The van der Waals surface area contributed by atoms with Crippen molar-refractivity contribution in [3.63, 3.8) is 0 Å². The van der Waals surface area contributed by atoms with Crippen LogP contribution in [0.15, 0.2) is 24.8 Å². The quantitative estimate of drug-likeness (QED) is 0.462. The summed E-state index contributed by atoms with van der Waals surface area (Å²) in [5.74, 6) is 1.23. The van der Waals surface area contributed by atoms with Crippen LogP contribution in [0.4, 0.5) is 0 Å². The highest BCUT2D eigenvalue weighted by Gasteiger charge is 1.91. The van der Waals surface area contributed by atoms with Gasteiger partial charge in [-0.05, 0) is 11.5 Å². The summed E-state index contributed by atoms with van der Waals surface area (Å²) in [6.07, 6.45) is 1.76. The third-order valence-electron chi connectivity index (χ3n) is 0.889. The third-order valence-corrected chi connectivity index (χ3v) is 0.889. The molecule has 0 saturated heterocycles. The molecular formula is C7H11. The van der Waals surface area contributed by atoms with Crippen molar-refractivity contribution in [1.82, 2.24) is 0 Å². The molecule has 0 aliphatic carbocycles. The average molecular weight is 95.2 g/mol. The first kappa shape index (κ1) is 6.48. The molecule has 0 aliphatic rings. The Kier molecular flexibility index (Phi) is 2.42. The highest BCUT2D eigenvalue weighted by atomic mass is 14.0. The van der Waals surface area contributed by atoms with E-state index in [1.165, 1.54) is 5.92 Å². The summed E-state index contributed by atoms with van der Waals surface area (Å²) in [6.45, 7) is 11.3. The first-order chi connectivity index (χ1) is 3.18. The molecule has 0 aliphatic heterocycles. The number of hydrogen-bond acceptors (Lipinski definition) is 0. The van der Waals surface area contributed by atoms with E-state index in [4.69, 9.17) is 0 Å². The first-order valence-electron chi connectivity index (χ1n) is 2.30. The molecule has 0 amide bonds. The van der Waals surface area contributed by atoms with Gasteiger partial charge in [0.2, 0.25) is 0 Å². The Morgan fingerprint density at radius 1 is 1.43 bits per heavy atom. The van der Waals surface area contributed by atoms with Crippen LogP contribution in [0.3, 0.4) is 0 Å². The summed E-state index contributed by atoms with van der Waals surface area (Å²) in [5, 5.41) is 0. The van der Waals surface area contributed by atoms with Crippen molar-refractivity contribution in [3.8, 4) is 0 Å². The van der Waals surface area contributed by atoms with Crippen molar-refractivity contribution in [3.05, 3.63) is 30.7 Å². The van der Waals surface area contributed by atoms with E-state index in [9.17, 15) is 0 Å². The fourth-order valence-corrected chi connectivity index (χ4v) is 0.204. The second-order valence-corrected chi connectivity index (χ2v) is 1.73. The zero-order valence-corrected chi connectivity index (χ0v) is 4.99. The van der Waals surface area contributed by atoms with Gasteiger partial charge in [-0.3, -0.25) is 0 Å². The molecule has 0 aromatic rings. The minimum Gasteiger partial charge on any atom is -0.0988 e. The van der Waals surface area contributed by atoms with E-state index >= 15 is 0 Å². The maximum atomic E-state index is 3.72. The largest absolute Gasteiger partial charge is 0.0988 e. The van der Waals surface area contributed by atoms with E-state index in [1.807, 2.05) is 13.8 Å². The molecule has 0 rings (SSSR count). The lowest BCUT2D eigenvalue weighted by Crippen LogP contribution is -1.82. The van der Waals surface area contributed by atoms with Crippen LogP contribution in [0, 0.1) is 5.92 Å². The van der Waals surface area contributed by atoms with Crippen LogP contribution in [0.25, 0.3) is 0 Å². The van der Waals surface area contributed by atoms with Gasteiger partial charge in [-0.25, -0.2) is 0 Å². The predicted molar refractivity (Wildman–Crippen MR) is 33.9 cm³/mol. The standard InChI is InChI=1S/C7H11/c1-5-7(4)6(2)3/h5H,1,4H2,2-3H3. The van der Waals surface area contributed by atoms with E-state index in [1.54, 1.807) is 6.08 Å². The summed E-state index contributed by atoms with van der Waals surface area (Å²) >= 11 is 0. The molecule has 0 bridgehead atoms. The van der Waals surface area contributed by atoms with Crippen LogP contribution < -0.4 is 0 Å². The van der Waals surface area contributed by atoms with Crippen LogP contribution in [0.1, 0.15) is 13.8 Å². The molecular weight excluding hydrogens is 84.1 g/mol. The van der Waals surface area contributed by atoms with Crippen molar-refractivity contribution < 1.29 is 0 Å². The molecule has 1 radical (unpaired) electrons.